The summed E-state index contributed by atoms with van der Waals surface area (Å²) in [6.07, 6.45) is 6.57. The fraction of sp³-hybridized carbons (Fsp3) is 0.625. The number of halogens is 2. The maximum Gasteiger partial charge on any atom is 0.0628 e. The van der Waals surface area contributed by atoms with Crippen LogP contribution in [-0.2, 0) is 0 Å². The van der Waals surface area contributed by atoms with Gasteiger partial charge in [0.25, 0.3) is 0 Å². The van der Waals surface area contributed by atoms with E-state index in [0.717, 1.165) is 17.1 Å². The topological polar surface area (TPSA) is 47.6 Å². The molecule has 0 aromatic heterocycles. The van der Waals surface area contributed by atoms with Crippen LogP contribution in [0.3, 0.4) is 0 Å². The monoisotopic (exact) mass is 398 g/mol. The van der Waals surface area contributed by atoms with Crippen molar-refractivity contribution in [2.24, 2.45) is 17.3 Å². The first-order valence-electron chi connectivity index (χ1n) is 6.81. The first kappa shape index (κ1) is 17.5. The zero-order valence-electron chi connectivity index (χ0n) is 12.0. The molecule has 2 nitrogen and oxygen atoms in total. The molecule has 1 aliphatic rings. The van der Waals surface area contributed by atoms with Crippen LogP contribution < -0.4 is 0 Å². The zero-order chi connectivity index (χ0) is 15.2. The second kappa shape index (κ2) is 8.01. The normalized spacial score (nSPS) is 20.1. The van der Waals surface area contributed by atoms with Gasteiger partial charge >= 0.3 is 0 Å². The highest BCUT2D eigenvalue weighted by atomic mass is 79.9. The van der Waals surface area contributed by atoms with Gasteiger partial charge in [-0.25, -0.2) is 0 Å². The number of alkyl halides is 2. The van der Waals surface area contributed by atoms with Crippen LogP contribution in [0.15, 0.2) is 23.3 Å². The van der Waals surface area contributed by atoms with E-state index in [-0.39, 0.29) is 17.3 Å². The van der Waals surface area contributed by atoms with Crippen molar-refractivity contribution in [3.8, 4) is 12.1 Å². The third-order valence-electron chi connectivity index (χ3n) is 3.91. The Morgan fingerprint density at radius 3 is 2.20 bits per heavy atom. The third-order valence-corrected chi connectivity index (χ3v) is 6.14. The van der Waals surface area contributed by atoms with Crippen molar-refractivity contribution in [3.63, 3.8) is 0 Å². The van der Waals surface area contributed by atoms with Crippen LogP contribution in [0.2, 0.25) is 0 Å². The summed E-state index contributed by atoms with van der Waals surface area (Å²) in [4.78, 5) is 0. The number of hydrogen-bond acceptors (Lipinski definition) is 2. The molecule has 2 unspecified atom stereocenters. The van der Waals surface area contributed by atoms with E-state index >= 15 is 0 Å². The maximum atomic E-state index is 8.92. The molecule has 1 aliphatic carbocycles. The molecule has 0 bridgehead atoms. The molecule has 0 heterocycles. The quantitative estimate of drug-likeness (QED) is 0.582. The van der Waals surface area contributed by atoms with Crippen LogP contribution >= 0.6 is 31.9 Å². The van der Waals surface area contributed by atoms with Gasteiger partial charge in [-0.15, -0.1) is 0 Å². The van der Waals surface area contributed by atoms with Gasteiger partial charge in [-0.1, -0.05) is 63.4 Å². The van der Waals surface area contributed by atoms with Crippen molar-refractivity contribution in [2.75, 3.05) is 10.7 Å². The minimum atomic E-state index is 0.0485. The Morgan fingerprint density at radius 2 is 1.70 bits per heavy atom. The lowest BCUT2D eigenvalue weighted by atomic mass is 9.73. The smallest absolute Gasteiger partial charge is 0.0628 e. The molecule has 2 atom stereocenters. The van der Waals surface area contributed by atoms with E-state index in [0.29, 0.717) is 12.8 Å². The lowest BCUT2D eigenvalue weighted by molar-refractivity contribution is 0.454. The summed E-state index contributed by atoms with van der Waals surface area (Å²) in [5, 5.41) is 19.6. The highest BCUT2D eigenvalue weighted by Crippen LogP contribution is 2.42. The Bertz CT molecular complexity index is 476. The number of allylic oxidation sites excluding steroid dienone is 4. The maximum absolute atomic E-state index is 8.92. The van der Waals surface area contributed by atoms with E-state index in [1.807, 2.05) is 0 Å². The highest BCUT2D eigenvalue weighted by molar-refractivity contribution is 9.09. The molecule has 0 spiro atoms. The fourth-order valence-corrected chi connectivity index (χ4v) is 4.10. The van der Waals surface area contributed by atoms with Gasteiger partial charge in [-0.3, -0.25) is 0 Å². The highest BCUT2D eigenvalue weighted by Gasteiger charge is 2.32. The molecule has 0 N–H and O–H groups in total. The second-order valence-electron chi connectivity index (χ2n) is 5.70. The zero-order valence-corrected chi connectivity index (χ0v) is 15.2. The molecular formula is C16H20Br2N2. The number of nitrogens with zero attached hydrogens (tertiary/aromatic N) is 2. The summed E-state index contributed by atoms with van der Waals surface area (Å²) in [6, 6.07) is 4.51. The molecule has 0 radical (unpaired) electrons. The summed E-state index contributed by atoms with van der Waals surface area (Å²) >= 11 is 7.26. The average Bonchev–Trinajstić information content (AvgIpc) is 2.47. The Labute approximate surface area is 138 Å². The van der Waals surface area contributed by atoms with Crippen LogP contribution in [0.5, 0.6) is 0 Å². The second-order valence-corrected chi connectivity index (χ2v) is 6.82. The number of hydrogen-bond donors (Lipinski definition) is 0. The largest absolute Gasteiger partial charge is 0.198 e. The van der Waals surface area contributed by atoms with Gasteiger partial charge in [0.1, 0.15) is 0 Å². The molecule has 0 aromatic carbocycles. The molecule has 108 valence electrons. The molecule has 0 saturated carbocycles. The van der Waals surface area contributed by atoms with Crippen LogP contribution in [-0.4, -0.2) is 10.7 Å². The SMILES string of the molecule is CC(CC#N)C1=CC(CBr)(CBr)CC(C(C)CC#N)=C1. The fourth-order valence-electron chi connectivity index (χ4n) is 2.45. The van der Waals surface area contributed by atoms with Gasteiger partial charge in [0.15, 0.2) is 0 Å². The molecule has 0 aliphatic heterocycles. The van der Waals surface area contributed by atoms with E-state index in [2.05, 4.69) is 70.0 Å². The Kier molecular flexibility index (Phi) is 7.00. The molecule has 0 fully saturated rings. The standard InChI is InChI=1S/C16H20Br2N2/c1-12(3-5-19)14-7-15(13(2)4-6-20)9-16(8-14,10-17)11-18/h7-8,12-13H,3-4,9-11H2,1-2H3. The van der Waals surface area contributed by atoms with Gasteiger partial charge < -0.3 is 0 Å². The molecular weight excluding hydrogens is 380 g/mol. The first-order valence-corrected chi connectivity index (χ1v) is 9.05. The van der Waals surface area contributed by atoms with Crippen molar-refractivity contribution in [1.82, 2.24) is 0 Å². The molecule has 4 heteroatoms. The lowest BCUT2D eigenvalue weighted by Crippen LogP contribution is -2.28. The van der Waals surface area contributed by atoms with E-state index in [1.165, 1.54) is 11.1 Å². The predicted molar refractivity (Wildman–Crippen MR) is 89.6 cm³/mol. The average molecular weight is 400 g/mol. The summed E-state index contributed by atoms with van der Waals surface area (Å²) in [6.45, 7) is 4.21. The minimum absolute atomic E-state index is 0.0485. The van der Waals surface area contributed by atoms with E-state index in [4.69, 9.17) is 10.5 Å². The van der Waals surface area contributed by atoms with Gasteiger partial charge in [0.05, 0.1) is 12.1 Å². The van der Waals surface area contributed by atoms with Gasteiger partial charge in [-0.2, -0.15) is 10.5 Å². The lowest BCUT2D eigenvalue weighted by Gasteiger charge is -2.35. The van der Waals surface area contributed by atoms with Gasteiger partial charge in [0.2, 0.25) is 0 Å². The van der Waals surface area contributed by atoms with Crippen molar-refractivity contribution in [2.45, 2.75) is 33.1 Å². The Hall–Kier alpha value is -0.580. The summed E-state index contributed by atoms with van der Waals surface area (Å²) in [7, 11) is 0. The summed E-state index contributed by atoms with van der Waals surface area (Å²) in [5.41, 5.74) is 2.61. The first-order chi connectivity index (χ1) is 9.51. The van der Waals surface area contributed by atoms with E-state index in [9.17, 15) is 0 Å². The van der Waals surface area contributed by atoms with Crippen molar-refractivity contribution >= 4 is 31.9 Å². The molecule has 1 rings (SSSR count). The van der Waals surface area contributed by atoms with Crippen molar-refractivity contribution < 1.29 is 0 Å². The van der Waals surface area contributed by atoms with Crippen LogP contribution in [0.4, 0.5) is 0 Å². The third kappa shape index (κ3) is 4.21. The Balaban J connectivity index is 3.13. The van der Waals surface area contributed by atoms with E-state index < -0.39 is 0 Å². The molecule has 0 saturated heterocycles. The van der Waals surface area contributed by atoms with Crippen molar-refractivity contribution in [1.29, 1.82) is 10.5 Å². The van der Waals surface area contributed by atoms with Crippen LogP contribution in [0, 0.1) is 39.9 Å². The van der Waals surface area contributed by atoms with Gasteiger partial charge in [-0.05, 0) is 23.8 Å². The van der Waals surface area contributed by atoms with Gasteiger partial charge in [0, 0.05) is 28.9 Å². The van der Waals surface area contributed by atoms with Crippen LogP contribution in [0.25, 0.3) is 0 Å². The Morgan fingerprint density at radius 1 is 1.15 bits per heavy atom. The minimum Gasteiger partial charge on any atom is -0.198 e. The molecule has 0 aromatic rings. The molecule has 0 amide bonds. The number of nitriles is 2. The van der Waals surface area contributed by atoms with E-state index in [1.54, 1.807) is 0 Å². The van der Waals surface area contributed by atoms with Crippen LogP contribution in [0.1, 0.15) is 33.1 Å². The molecule has 20 heavy (non-hydrogen) atoms. The predicted octanol–water partition coefficient (Wildman–Crippen LogP) is 5.12. The summed E-state index contributed by atoms with van der Waals surface area (Å²) < 4.78 is 0. The number of rotatable bonds is 6. The van der Waals surface area contributed by atoms with Crippen molar-refractivity contribution in [3.05, 3.63) is 23.3 Å². The summed E-state index contributed by atoms with van der Waals surface area (Å²) in [5.74, 6) is 0.512.